The number of aromatic nitrogens is 2. The molecule has 0 aliphatic carbocycles. The van der Waals surface area contributed by atoms with E-state index in [-0.39, 0.29) is 11.4 Å². The van der Waals surface area contributed by atoms with E-state index < -0.39 is 5.91 Å². The molecule has 0 saturated heterocycles. The number of primary amides is 1. The topological polar surface area (TPSA) is 94.9 Å². The summed E-state index contributed by atoms with van der Waals surface area (Å²) in [7, 11) is 0. The van der Waals surface area contributed by atoms with Gasteiger partial charge in [0.2, 0.25) is 0 Å². The maximum Gasteiger partial charge on any atom is 0.271 e. The number of nitrogen functional groups attached to an aromatic ring is 1. The zero-order valence-electron chi connectivity index (χ0n) is 8.19. The second-order valence-corrected chi connectivity index (χ2v) is 3.35. The molecule has 0 radical (unpaired) electrons. The van der Waals surface area contributed by atoms with Crippen LogP contribution in [0.2, 0.25) is 0 Å². The van der Waals surface area contributed by atoms with Crippen molar-refractivity contribution in [2.45, 2.75) is 6.92 Å². The van der Waals surface area contributed by atoms with Crippen molar-refractivity contribution >= 4 is 22.5 Å². The Morgan fingerprint density at radius 2 is 2.07 bits per heavy atom. The first-order chi connectivity index (χ1) is 7.09. The van der Waals surface area contributed by atoms with Gasteiger partial charge in [0.15, 0.2) is 5.69 Å². The number of hydrogen-bond acceptors (Lipinski definition) is 4. The van der Waals surface area contributed by atoms with Gasteiger partial charge in [-0.15, -0.1) is 10.2 Å². The van der Waals surface area contributed by atoms with Gasteiger partial charge in [0.05, 0.1) is 11.2 Å². The molecule has 2 aromatic rings. The third-order valence-corrected chi connectivity index (χ3v) is 2.19. The van der Waals surface area contributed by atoms with Gasteiger partial charge in [-0.2, -0.15) is 0 Å². The molecule has 5 heteroatoms. The molecule has 0 fully saturated rings. The molecule has 0 unspecified atom stereocenters. The highest BCUT2D eigenvalue weighted by Gasteiger charge is 2.11. The van der Waals surface area contributed by atoms with Crippen LogP contribution in [0, 0.1) is 6.92 Å². The molecule has 0 saturated carbocycles. The van der Waals surface area contributed by atoms with Gasteiger partial charge in [0.1, 0.15) is 0 Å². The van der Waals surface area contributed by atoms with Crippen LogP contribution in [0.5, 0.6) is 0 Å². The lowest BCUT2D eigenvalue weighted by molar-refractivity contribution is 0.0996. The van der Waals surface area contributed by atoms with Crippen LogP contribution >= 0.6 is 0 Å². The molecule has 4 N–H and O–H groups in total. The number of hydrogen-bond donors (Lipinski definition) is 2. The summed E-state index contributed by atoms with van der Waals surface area (Å²) in [5.74, 6) is -0.664. The lowest BCUT2D eigenvalue weighted by atomic mass is 10.1. The standard InChI is InChI=1S/C10H10N4O/c1-5-2-3-7-6(4-5)8(11)9(10(12)15)14-13-7/h2-4H,1H3,(H2,11,13)(H2,12,15). The minimum Gasteiger partial charge on any atom is -0.396 e. The third-order valence-electron chi connectivity index (χ3n) is 2.19. The molecule has 1 amide bonds. The predicted molar refractivity (Wildman–Crippen MR) is 57.2 cm³/mol. The molecule has 0 spiro atoms. The monoisotopic (exact) mass is 202 g/mol. The van der Waals surface area contributed by atoms with Crippen LogP contribution in [-0.4, -0.2) is 16.1 Å². The van der Waals surface area contributed by atoms with Crippen LogP contribution in [-0.2, 0) is 0 Å². The van der Waals surface area contributed by atoms with Crippen molar-refractivity contribution in [1.29, 1.82) is 0 Å². The van der Waals surface area contributed by atoms with Crippen molar-refractivity contribution in [2.75, 3.05) is 5.73 Å². The smallest absolute Gasteiger partial charge is 0.271 e. The summed E-state index contributed by atoms with van der Waals surface area (Å²) < 4.78 is 0. The fourth-order valence-electron chi connectivity index (χ4n) is 1.42. The third kappa shape index (κ3) is 1.48. The fourth-order valence-corrected chi connectivity index (χ4v) is 1.42. The average Bonchev–Trinajstić information content (AvgIpc) is 2.19. The second-order valence-electron chi connectivity index (χ2n) is 3.35. The average molecular weight is 202 g/mol. The summed E-state index contributed by atoms with van der Waals surface area (Å²) in [5.41, 5.74) is 12.9. The van der Waals surface area contributed by atoms with E-state index in [0.717, 1.165) is 5.56 Å². The number of carbonyl (C=O) groups excluding carboxylic acids is 1. The van der Waals surface area contributed by atoms with Crippen LogP contribution in [0.3, 0.4) is 0 Å². The number of rotatable bonds is 1. The van der Waals surface area contributed by atoms with Crippen molar-refractivity contribution in [2.24, 2.45) is 5.73 Å². The first-order valence-corrected chi connectivity index (χ1v) is 4.42. The summed E-state index contributed by atoms with van der Waals surface area (Å²) in [6, 6.07) is 5.56. The van der Waals surface area contributed by atoms with Crippen molar-refractivity contribution in [3.05, 3.63) is 29.5 Å². The van der Waals surface area contributed by atoms with Gasteiger partial charge >= 0.3 is 0 Å². The minimum absolute atomic E-state index is 0.0214. The van der Waals surface area contributed by atoms with E-state index in [1.54, 1.807) is 6.07 Å². The summed E-state index contributed by atoms with van der Waals surface area (Å²) in [4.78, 5) is 11.0. The van der Waals surface area contributed by atoms with Crippen molar-refractivity contribution < 1.29 is 4.79 Å². The van der Waals surface area contributed by atoms with Gasteiger partial charge in [-0.1, -0.05) is 11.6 Å². The molecular formula is C10H10N4O. The molecular weight excluding hydrogens is 192 g/mol. The molecule has 76 valence electrons. The molecule has 0 aliphatic rings. The lowest BCUT2D eigenvalue weighted by Gasteiger charge is -2.04. The number of fused-ring (bicyclic) bond motifs is 1. The van der Waals surface area contributed by atoms with Crippen LogP contribution in [0.25, 0.3) is 10.9 Å². The van der Waals surface area contributed by atoms with Crippen molar-refractivity contribution in [3.63, 3.8) is 0 Å². The van der Waals surface area contributed by atoms with Crippen LogP contribution in [0.1, 0.15) is 16.1 Å². The molecule has 0 atom stereocenters. The number of benzene rings is 1. The van der Waals surface area contributed by atoms with E-state index in [2.05, 4.69) is 10.2 Å². The largest absolute Gasteiger partial charge is 0.396 e. The van der Waals surface area contributed by atoms with E-state index in [9.17, 15) is 4.79 Å². The quantitative estimate of drug-likeness (QED) is 0.708. The molecule has 0 bridgehead atoms. The van der Waals surface area contributed by atoms with Gasteiger partial charge in [0.25, 0.3) is 5.91 Å². The maximum atomic E-state index is 11.0. The molecule has 15 heavy (non-hydrogen) atoms. The highest BCUT2D eigenvalue weighted by molar-refractivity contribution is 6.03. The Morgan fingerprint density at radius 3 is 2.73 bits per heavy atom. The maximum absolute atomic E-state index is 11.0. The van der Waals surface area contributed by atoms with Crippen LogP contribution < -0.4 is 11.5 Å². The summed E-state index contributed by atoms with van der Waals surface area (Å²) in [5, 5.41) is 8.27. The van der Waals surface area contributed by atoms with E-state index in [1.165, 1.54) is 0 Å². The molecule has 1 aromatic heterocycles. The number of aryl methyl sites for hydroxylation is 1. The van der Waals surface area contributed by atoms with Gasteiger partial charge in [0, 0.05) is 5.39 Å². The Bertz CT molecular complexity index is 550. The molecule has 1 heterocycles. The molecule has 1 aromatic carbocycles. The second kappa shape index (κ2) is 3.20. The number of amides is 1. The molecule has 5 nitrogen and oxygen atoms in total. The van der Waals surface area contributed by atoms with E-state index in [0.29, 0.717) is 10.9 Å². The molecule has 2 rings (SSSR count). The Morgan fingerprint density at radius 1 is 1.33 bits per heavy atom. The van der Waals surface area contributed by atoms with Gasteiger partial charge in [-0.3, -0.25) is 4.79 Å². The minimum atomic E-state index is -0.664. The number of carbonyl (C=O) groups is 1. The van der Waals surface area contributed by atoms with Crippen molar-refractivity contribution in [3.8, 4) is 0 Å². The SMILES string of the molecule is Cc1ccc2nnc(C(N)=O)c(N)c2c1. The summed E-state index contributed by atoms with van der Waals surface area (Å²) >= 11 is 0. The fraction of sp³-hybridized carbons (Fsp3) is 0.100. The van der Waals surface area contributed by atoms with Gasteiger partial charge < -0.3 is 11.5 Å². The van der Waals surface area contributed by atoms with E-state index in [4.69, 9.17) is 11.5 Å². The molecule has 0 aliphatic heterocycles. The highest BCUT2D eigenvalue weighted by atomic mass is 16.1. The highest BCUT2D eigenvalue weighted by Crippen LogP contribution is 2.21. The zero-order chi connectivity index (χ0) is 11.0. The lowest BCUT2D eigenvalue weighted by Crippen LogP contribution is -2.16. The van der Waals surface area contributed by atoms with E-state index in [1.807, 2.05) is 19.1 Å². The number of anilines is 1. The van der Waals surface area contributed by atoms with Gasteiger partial charge in [-0.25, -0.2) is 0 Å². The van der Waals surface area contributed by atoms with Crippen LogP contribution in [0.15, 0.2) is 18.2 Å². The first kappa shape index (κ1) is 9.39. The number of nitrogens with zero attached hydrogens (tertiary/aromatic N) is 2. The first-order valence-electron chi connectivity index (χ1n) is 4.42. The Labute approximate surface area is 86.1 Å². The van der Waals surface area contributed by atoms with Crippen LogP contribution in [0.4, 0.5) is 5.69 Å². The zero-order valence-corrected chi connectivity index (χ0v) is 8.19. The van der Waals surface area contributed by atoms with Crippen molar-refractivity contribution in [1.82, 2.24) is 10.2 Å². The Balaban J connectivity index is 2.82. The number of nitrogens with two attached hydrogens (primary N) is 2. The van der Waals surface area contributed by atoms with E-state index >= 15 is 0 Å². The summed E-state index contributed by atoms with van der Waals surface area (Å²) in [6.45, 7) is 1.93. The Kier molecular flexibility index (Phi) is 2.00. The Hall–Kier alpha value is -2.17. The normalized spacial score (nSPS) is 10.5. The summed E-state index contributed by atoms with van der Waals surface area (Å²) in [6.07, 6.45) is 0. The van der Waals surface area contributed by atoms with Gasteiger partial charge in [-0.05, 0) is 19.1 Å². The predicted octanol–water partition coefficient (Wildman–Crippen LogP) is 0.619.